The van der Waals surface area contributed by atoms with Gasteiger partial charge in [0.1, 0.15) is 0 Å². The molecule has 0 aliphatic carbocycles. The number of nitrogens with zero attached hydrogens (tertiary/aromatic N) is 1. The monoisotopic (exact) mass is 405 g/mol. The molecule has 1 saturated heterocycles. The molecule has 1 aromatic rings. The Morgan fingerprint density at radius 2 is 1.73 bits per heavy atom. The summed E-state index contributed by atoms with van der Waals surface area (Å²) in [4.78, 5) is 9.69. The summed E-state index contributed by atoms with van der Waals surface area (Å²) >= 11 is 0. The minimum atomic E-state index is -5.34. The molecule has 1 aliphatic heterocycles. The molecule has 0 spiro atoms. The van der Waals surface area contributed by atoms with Crippen LogP contribution in [0.5, 0.6) is 0 Å². The van der Waals surface area contributed by atoms with Crippen molar-refractivity contribution in [1.29, 1.82) is 0 Å². The summed E-state index contributed by atoms with van der Waals surface area (Å²) in [5, 5.41) is 8.98. The van der Waals surface area contributed by atoms with Crippen molar-refractivity contribution in [1.82, 2.24) is 4.31 Å². The lowest BCUT2D eigenvalue weighted by Gasteiger charge is -2.30. The van der Waals surface area contributed by atoms with Gasteiger partial charge in [0.15, 0.2) is 0 Å². The molecule has 0 saturated carbocycles. The van der Waals surface area contributed by atoms with Gasteiger partial charge >= 0.3 is 18.3 Å². The molecule has 1 N–H and O–H groups in total. The summed E-state index contributed by atoms with van der Waals surface area (Å²) in [5.41, 5.74) is -3.57. The van der Waals surface area contributed by atoms with Crippen molar-refractivity contribution >= 4 is 16.0 Å². The van der Waals surface area contributed by atoms with Crippen LogP contribution in [-0.2, 0) is 27.2 Å². The normalized spacial score (nSPS) is 20.2. The van der Waals surface area contributed by atoms with Crippen molar-refractivity contribution in [3.8, 4) is 0 Å². The maximum absolute atomic E-state index is 13.2. The van der Waals surface area contributed by atoms with E-state index < -0.39 is 56.8 Å². The number of benzene rings is 1. The first-order chi connectivity index (χ1) is 11.7. The fraction of sp³-hybridized carbons (Fsp3) is 0.500. The number of halogens is 6. The lowest BCUT2D eigenvalue weighted by atomic mass is 10.0. The number of hydrogen-bond acceptors (Lipinski definition) is 3. The first-order valence-electron chi connectivity index (χ1n) is 7.26. The Morgan fingerprint density at radius 3 is 2.23 bits per heavy atom. The molecule has 5 nitrogen and oxygen atoms in total. The van der Waals surface area contributed by atoms with Gasteiger partial charge in [0.2, 0.25) is 10.0 Å². The third-order valence-corrected chi connectivity index (χ3v) is 5.89. The van der Waals surface area contributed by atoms with Crippen LogP contribution in [0.1, 0.15) is 24.0 Å². The molecule has 146 valence electrons. The summed E-state index contributed by atoms with van der Waals surface area (Å²) < 4.78 is 103. The van der Waals surface area contributed by atoms with Crippen LogP contribution in [-0.4, -0.2) is 36.9 Å². The standard InChI is InChI=1S/C14H13F6NO4S/c15-13(16,17)9-3-4-11(10(6-9)14(18,19)20)26(24,25)21-5-1-2-8(7-21)12(22)23/h3-4,6,8H,1-2,5,7H2,(H,22,23)/t8-/m1/s1. The number of alkyl halides is 6. The lowest BCUT2D eigenvalue weighted by molar-refractivity contribution is -0.145. The van der Waals surface area contributed by atoms with Gasteiger partial charge in [-0.2, -0.15) is 30.6 Å². The average molecular weight is 405 g/mol. The van der Waals surface area contributed by atoms with Crippen molar-refractivity contribution in [2.24, 2.45) is 5.92 Å². The van der Waals surface area contributed by atoms with E-state index in [1.54, 1.807) is 0 Å². The van der Waals surface area contributed by atoms with Crippen LogP contribution in [0.2, 0.25) is 0 Å². The van der Waals surface area contributed by atoms with Crippen molar-refractivity contribution in [3.63, 3.8) is 0 Å². The van der Waals surface area contributed by atoms with Crippen molar-refractivity contribution < 1.29 is 44.7 Å². The molecule has 1 atom stereocenters. The molecule has 26 heavy (non-hydrogen) atoms. The third-order valence-electron chi connectivity index (χ3n) is 3.96. The van der Waals surface area contributed by atoms with Crippen LogP contribution >= 0.6 is 0 Å². The van der Waals surface area contributed by atoms with Gasteiger partial charge in [-0.1, -0.05) is 0 Å². The van der Waals surface area contributed by atoms with Gasteiger partial charge < -0.3 is 5.11 Å². The Morgan fingerprint density at radius 1 is 1.12 bits per heavy atom. The van der Waals surface area contributed by atoms with Gasteiger partial charge in [-0.15, -0.1) is 0 Å². The summed E-state index contributed by atoms with van der Waals surface area (Å²) in [6, 6.07) is 0.248. The van der Waals surface area contributed by atoms with E-state index >= 15 is 0 Å². The number of hydrogen-bond donors (Lipinski definition) is 1. The minimum absolute atomic E-state index is 0.109. The maximum Gasteiger partial charge on any atom is 0.417 e. The van der Waals surface area contributed by atoms with Gasteiger partial charge in [0.05, 0.1) is 21.9 Å². The minimum Gasteiger partial charge on any atom is -0.481 e. The van der Waals surface area contributed by atoms with Crippen molar-refractivity contribution in [2.75, 3.05) is 13.1 Å². The summed E-state index contributed by atoms with van der Waals surface area (Å²) in [7, 11) is -4.82. The predicted octanol–water partition coefficient (Wildman–Crippen LogP) is 3.21. The molecule has 0 unspecified atom stereocenters. The molecule has 0 radical (unpaired) electrons. The molecule has 0 aromatic heterocycles. The first-order valence-corrected chi connectivity index (χ1v) is 8.70. The van der Waals surface area contributed by atoms with E-state index in [9.17, 15) is 39.6 Å². The van der Waals surface area contributed by atoms with Crippen LogP contribution in [0, 0.1) is 5.92 Å². The highest BCUT2D eigenvalue weighted by Crippen LogP contribution is 2.40. The van der Waals surface area contributed by atoms with Crippen LogP contribution < -0.4 is 0 Å². The number of carboxylic acids is 1. The van der Waals surface area contributed by atoms with E-state index in [-0.39, 0.29) is 37.6 Å². The smallest absolute Gasteiger partial charge is 0.417 e. The SMILES string of the molecule is O=C(O)[C@@H]1CCCN(S(=O)(=O)c2ccc(C(F)(F)F)cc2C(F)(F)F)C1. The molecule has 1 aromatic carbocycles. The highest BCUT2D eigenvalue weighted by molar-refractivity contribution is 7.89. The largest absolute Gasteiger partial charge is 0.481 e. The maximum atomic E-state index is 13.2. The highest BCUT2D eigenvalue weighted by atomic mass is 32.2. The van der Waals surface area contributed by atoms with Crippen LogP contribution in [0.25, 0.3) is 0 Å². The third kappa shape index (κ3) is 4.11. The Balaban J connectivity index is 2.53. The van der Waals surface area contributed by atoms with E-state index in [2.05, 4.69) is 0 Å². The fourth-order valence-electron chi connectivity index (χ4n) is 2.65. The molecule has 1 aliphatic rings. The van der Waals surface area contributed by atoms with Crippen LogP contribution in [0.4, 0.5) is 26.3 Å². The van der Waals surface area contributed by atoms with Crippen molar-refractivity contribution in [3.05, 3.63) is 29.3 Å². The van der Waals surface area contributed by atoms with Crippen molar-refractivity contribution in [2.45, 2.75) is 30.1 Å². The zero-order valence-electron chi connectivity index (χ0n) is 12.9. The van der Waals surface area contributed by atoms with Gasteiger partial charge in [-0.25, -0.2) is 8.42 Å². The first kappa shape index (κ1) is 20.5. The summed E-state index contributed by atoms with van der Waals surface area (Å²) in [5.74, 6) is -2.39. The molecule has 2 rings (SSSR count). The molecule has 12 heteroatoms. The molecule has 0 bridgehead atoms. The second-order valence-electron chi connectivity index (χ2n) is 5.75. The molecular weight excluding hydrogens is 392 g/mol. The number of carbonyl (C=O) groups is 1. The van der Waals surface area contributed by atoms with Gasteiger partial charge in [-0.05, 0) is 31.0 Å². The second kappa shape index (κ2) is 6.72. The highest BCUT2D eigenvalue weighted by Gasteiger charge is 2.43. The molecule has 1 fully saturated rings. The number of carboxylic acid groups (broad SMARTS) is 1. The summed E-state index contributed by atoms with van der Waals surface area (Å²) in [6.07, 6.45) is -10.2. The Bertz CT molecular complexity index is 803. The van der Waals surface area contributed by atoms with E-state index in [4.69, 9.17) is 5.11 Å². The van der Waals surface area contributed by atoms with Crippen LogP contribution in [0.15, 0.2) is 23.1 Å². The fourth-order valence-corrected chi connectivity index (χ4v) is 4.37. The van der Waals surface area contributed by atoms with E-state index in [1.807, 2.05) is 0 Å². The van der Waals surface area contributed by atoms with Gasteiger partial charge in [0.25, 0.3) is 0 Å². The summed E-state index contributed by atoms with van der Waals surface area (Å²) in [6.45, 7) is -0.763. The molecular formula is C14H13F6NO4S. The Kier molecular flexibility index (Phi) is 5.30. The molecule has 1 heterocycles. The van der Waals surface area contributed by atoms with Crippen LogP contribution in [0.3, 0.4) is 0 Å². The number of rotatable bonds is 3. The van der Waals surface area contributed by atoms with E-state index in [0.29, 0.717) is 4.31 Å². The van der Waals surface area contributed by atoms with Gasteiger partial charge in [0, 0.05) is 13.1 Å². The lowest BCUT2D eigenvalue weighted by Crippen LogP contribution is -2.42. The van der Waals surface area contributed by atoms with E-state index in [0.717, 1.165) is 0 Å². The quantitative estimate of drug-likeness (QED) is 0.784. The Hall–Kier alpha value is -1.82. The predicted molar refractivity (Wildman–Crippen MR) is 75.6 cm³/mol. The number of piperidine rings is 1. The van der Waals surface area contributed by atoms with E-state index in [1.165, 1.54) is 0 Å². The van der Waals surface area contributed by atoms with Gasteiger partial charge in [-0.3, -0.25) is 4.79 Å². The number of aliphatic carboxylic acids is 1. The number of sulfonamides is 1. The average Bonchev–Trinajstić information content (AvgIpc) is 2.52. The molecule has 0 amide bonds. The zero-order valence-corrected chi connectivity index (χ0v) is 13.7. The second-order valence-corrected chi connectivity index (χ2v) is 7.65. The Labute approximate surface area is 144 Å². The topological polar surface area (TPSA) is 74.7 Å². The zero-order chi connectivity index (χ0) is 19.9.